The molecule has 2 heterocycles. The Morgan fingerprint density at radius 1 is 1.20 bits per heavy atom. The van der Waals surface area contributed by atoms with Gasteiger partial charge in [-0.15, -0.1) is 10.2 Å². The highest BCUT2D eigenvalue weighted by Crippen LogP contribution is 2.22. The molecule has 0 aliphatic heterocycles. The first-order valence-electron chi connectivity index (χ1n) is 4.56. The highest BCUT2D eigenvalue weighted by molar-refractivity contribution is 5.81. The van der Waals surface area contributed by atoms with E-state index in [0.717, 1.165) is 16.8 Å². The average molecular weight is 200 g/mol. The molecule has 0 fully saturated rings. The third-order valence-electron chi connectivity index (χ3n) is 2.20. The smallest absolute Gasteiger partial charge is 0.192 e. The van der Waals surface area contributed by atoms with Crippen LogP contribution < -0.4 is 0 Å². The first-order chi connectivity index (χ1) is 7.34. The molecule has 0 aliphatic rings. The van der Waals surface area contributed by atoms with Gasteiger partial charge in [-0.2, -0.15) is 0 Å². The van der Waals surface area contributed by atoms with E-state index in [-0.39, 0.29) is 0 Å². The van der Waals surface area contributed by atoms with Gasteiger partial charge in [0.1, 0.15) is 18.2 Å². The van der Waals surface area contributed by atoms with E-state index < -0.39 is 0 Å². The number of aryl methyl sites for hydroxylation is 1. The van der Waals surface area contributed by atoms with Crippen LogP contribution in [0.2, 0.25) is 0 Å². The lowest BCUT2D eigenvalue weighted by Gasteiger charge is -1.99. The molecule has 0 unspecified atom stereocenters. The maximum absolute atomic E-state index is 5.54. The highest BCUT2D eigenvalue weighted by atomic mass is 16.3. The summed E-state index contributed by atoms with van der Waals surface area (Å²) in [4.78, 5) is 4.26. The lowest BCUT2D eigenvalue weighted by Crippen LogP contribution is -1.89. The zero-order valence-electron chi connectivity index (χ0n) is 8.08. The molecule has 5 nitrogen and oxygen atoms in total. The number of benzene rings is 1. The van der Waals surface area contributed by atoms with E-state index >= 15 is 0 Å². The van der Waals surface area contributed by atoms with Crippen LogP contribution in [0.25, 0.3) is 16.8 Å². The molecule has 1 aromatic carbocycles. The van der Waals surface area contributed by atoms with Crippen LogP contribution in [0.4, 0.5) is 0 Å². The maximum Gasteiger partial charge on any atom is 0.192 e. The number of nitrogens with zero attached hydrogens (tertiary/aromatic N) is 4. The van der Waals surface area contributed by atoms with Crippen LogP contribution in [0.5, 0.6) is 0 Å². The molecule has 0 spiro atoms. The van der Waals surface area contributed by atoms with Gasteiger partial charge in [0.15, 0.2) is 11.5 Å². The lowest BCUT2D eigenvalue weighted by molar-refractivity contribution is 0.559. The largest absolute Gasteiger partial charge is 0.439 e. The van der Waals surface area contributed by atoms with Crippen LogP contribution in [0.3, 0.4) is 0 Å². The predicted molar refractivity (Wildman–Crippen MR) is 53.7 cm³/mol. The molecule has 2 aromatic heterocycles. The number of rotatable bonds is 1. The molecule has 0 radical (unpaired) electrons. The number of fused-ring (bicyclic) bond motifs is 1. The standard InChI is InChI=1S/C10H8N4O/c1-7-13-8-3-2-4-9(10(8)15-7)14-5-11-12-6-14/h2-6H,1H3. The SMILES string of the molecule is Cc1nc2cccc(-n3cnnc3)c2o1. The number of para-hydroxylation sites is 1. The minimum absolute atomic E-state index is 0.658. The van der Waals surface area contributed by atoms with Crippen molar-refractivity contribution in [3.63, 3.8) is 0 Å². The third kappa shape index (κ3) is 1.20. The Hall–Kier alpha value is -2.17. The van der Waals surface area contributed by atoms with Gasteiger partial charge in [0.2, 0.25) is 0 Å². The van der Waals surface area contributed by atoms with Crippen LogP contribution in [0.1, 0.15) is 5.89 Å². The summed E-state index contributed by atoms with van der Waals surface area (Å²) in [6.07, 6.45) is 3.26. The highest BCUT2D eigenvalue weighted by Gasteiger charge is 2.08. The Morgan fingerprint density at radius 2 is 2.00 bits per heavy atom. The van der Waals surface area contributed by atoms with Gasteiger partial charge in [-0.25, -0.2) is 4.98 Å². The van der Waals surface area contributed by atoms with Crippen LogP contribution in [-0.2, 0) is 0 Å². The van der Waals surface area contributed by atoms with Crippen molar-refractivity contribution in [2.45, 2.75) is 6.92 Å². The Kier molecular flexibility index (Phi) is 1.58. The molecule has 0 bridgehead atoms. The molecule has 15 heavy (non-hydrogen) atoms. The molecule has 3 aromatic rings. The van der Waals surface area contributed by atoms with E-state index in [2.05, 4.69) is 15.2 Å². The van der Waals surface area contributed by atoms with Crippen molar-refractivity contribution in [2.75, 3.05) is 0 Å². The van der Waals surface area contributed by atoms with Gasteiger partial charge in [-0.3, -0.25) is 4.57 Å². The first kappa shape index (κ1) is 8.16. The van der Waals surface area contributed by atoms with Gasteiger partial charge in [0.05, 0.1) is 5.69 Å². The summed E-state index contributed by atoms with van der Waals surface area (Å²) < 4.78 is 7.33. The average Bonchev–Trinajstić information content (AvgIpc) is 2.82. The molecule has 0 saturated heterocycles. The summed E-state index contributed by atoms with van der Waals surface area (Å²) in [7, 11) is 0. The van der Waals surface area contributed by atoms with Gasteiger partial charge in [-0.05, 0) is 12.1 Å². The van der Waals surface area contributed by atoms with E-state index in [1.54, 1.807) is 17.2 Å². The van der Waals surface area contributed by atoms with Crippen LogP contribution in [0.15, 0.2) is 35.3 Å². The van der Waals surface area contributed by atoms with Crippen molar-refractivity contribution in [3.05, 3.63) is 36.7 Å². The molecule has 5 heteroatoms. The first-order valence-corrected chi connectivity index (χ1v) is 4.56. The summed E-state index contributed by atoms with van der Waals surface area (Å²) >= 11 is 0. The summed E-state index contributed by atoms with van der Waals surface area (Å²) in [6.45, 7) is 1.83. The predicted octanol–water partition coefficient (Wildman–Crippen LogP) is 1.72. The molecule has 3 rings (SSSR count). The van der Waals surface area contributed by atoms with Crippen molar-refractivity contribution in [3.8, 4) is 5.69 Å². The fourth-order valence-electron chi connectivity index (χ4n) is 1.57. The zero-order valence-corrected chi connectivity index (χ0v) is 8.08. The van der Waals surface area contributed by atoms with Crippen LogP contribution in [0, 0.1) is 6.92 Å². The van der Waals surface area contributed by atoms with E-state index in [1.807, 2.05) is 25.1 Å². The number of hydrogen-bond donors (Lipinski definition) is 0. The minimum atomic E-state index is 0.658. The van der Waals surface area contributed by atoms with Crippen molar-refractivity contribution in [2.24, 2.45) is 0 Å². The quantitative estimate of drug-likeness (QED) is 0.600. The lowest BCUT2D eigenvalue weighted by atomic mass is 10.3. The molecule has 0 N–H and O–H groups in total. The van der Waals surface area contributed by atoms with Crippen molar-refractivity contribution in [1.82, 2.24) is 19.7 Å². The molecule has 0 aliphatic carbocycles. The zero-order chi connectivity index (χ0) is 10.3. The van der Waals surface area contributed by atoms with Crippen molar-refractivity contribution >= 4 is 11.1 Å². The third-order valence-corrected chi connectivity index (χ3v) is 2.20. The summed E-state index contributed by atoms with van der Waals surface area (Å²) in [6, 6.07) is 5.79. The maximum atomic E-state index is 5.54. The summed E-state index contributed by atoms with van der Waals surface area (Å²) in [5, 5.41) is 7.53. The van der Waals surface area contributed by atoms with E-state index in [1.165, 1.54) is 0 Å². The second-order valence-electron chi connectivity index (χ2n) is 3.23. The molecular weight excluding hydrogens is 192 g/mol. The fraction of sp³-hybridized carbons (Fsp3) is 0.100. The Balaban J connectivity index is 2.35. The van der Waals surface area contributed by atoms with E-state index in [0.29, 0.717) is 5.89 Å². The summed E-state index contributed by atoms with van der Waals surface area (Å²) in [5.41, 5.74) is 2.51. The van der Waals surface area contributed by atoms with Gasteiger partial charge >= 0.3 is 0 Å². The number of oxazole rings is 1. The Labute approximate surface area is 85.4 Å². The molecule has 0 atom stereocenters. The van der Waals surface area contributed by atoms with Gasteiger partial charge in [0.25, 0.3) is 0 Å². The van der Waals surface area contributed by atoms with Gasteiger partial charge < -0.3 is 4.42 Å². The number of hydrogen-bond acceptors (Lipinski definition) is 4. The van der Waals surface area contributed by atoms with Crippen molar-refractivity contribution < 1.29 is 4.42 Å². The Bertz CT molecular complexity index is 597. The molecule has 74 valence electrons. The fourth-order valence-corrected chi connectivity index (χ4v) is 1.57. The second kappa shape index (κ2) is 2.91. The number of aromatic nitrogens is 4. The van der Waals surface area contributed by atoms with Gasteiger partial charge in [-0.1, -0.05) is 6.07 Å². The van der Waals surface area contributed by atoms with Crippen LogP contribution >= 0.6 is 0 Å². The van der Waals surface area contributed by atoms with Crippen LogP contribution in [-0.4, -0.2) is 19.7 Å². The second-order valence-corrected chi connectivity index (χ2v) is 3.23. The Morgan fingerprint density at radius 3 is 2.80 bits per heavy atom. The molecular formula is C10H8N4O. The molecule has 0 saturated carbocycles. The van der Waals surface area contributed by atoms with Crippen molar-refractivity contribution in [1.29, 1.82) is 0 Å². The van der Waals surface area contributed by atoms with E-state index in [4.69, 9.17) is 4.42 Å². The van der Waals surface area contributed by atoms with Gasteiger partial charge in [0, 0.05) is 6.92 Å². The normalized spacial score (nSPS) is 11.0. The topological polar surface area (TPSA) is 56.7 Å². The minimum Gasteiger partial charge on any atom is -0.439 e. The monoisotopic (exact) mass is 200 g/mol. The van der Waals surface area contributed by atoms with E-state index in [9.17, 15) is 0 Å². The summed E-state index contributed by atoms with van der Waals surface area (Å²) in [5.74, 6) is 0.658. The molecule has 0 amide bonds.